The Morgan fingerprint density at radius 3 is 2.64 bits per heavy atom. The van der Waals surface area contributed by atoms with Crippen LogP contribution in [0.4, 0.5) is 0 Å². The molecule has 0 radical (unpaired) electrons. The minimum atomic E-state index is -0.162. The number of nitrogens with zero attached hydrogens (tertiary/aromatic N) is 2. The van der Waals surface area contributed by atoms with Gasteiger partial charge in [-0.3, -0.25) is 9.59 Å². The standard InChI is InChI=1S/C20H26N2O3/c1-25-17-8-6-15(7-9-17)18-3-2-10-22(18)20(24)16-11-19(23)21(13-16)12-14-4-5-14/h6-9,14,16,18H,2-5,10-13H2,1H3/t16-,18-/m1/s1. The molecule has 2 aliphatic heterocycles. The molecule has 1 aliphatic carbocycles. The summed E-state index contributed by atoms with van der Waals surface area (Å²) in [4.78, 5) is 29.2. The van der Waals surface area contributed by atoms with Gasteiger partial charge in [0.05, 0.1) is 19.1 Å². The number of benzene rings is 1. The first-order valence-electron chi connectivity index (χ1n) is 9.38. The summed E-state index contributed by atoms with van der Waals surface area (Å²) in [7, 11) is 1.66. The van der Waals surface area contributed by atoms with Gasteiger partial charge in [0.1, 0.15) is 5.75 Å². The number of likely N-dealkylation sites (tertiary alicyclic amines) is 2. The fourth-order valence-corrected chi connectivity index (χ4v) is 4.16. The summed E-state index contributed by atoms with van der Waals surface area (Å²) >= 11 is 0. The minimum Gasteiger partial charge on any atom is -0.497 e. The molecule has 0 N–H and O–H groups in total. The van der Waals surface area contributed by atoms with Gasteiger partial charge in [0, 0.05) is 26.1 Å². The zero-order valence-electron chi connectivity index (χ0n) is 14.8. The van der Waals surface area contributed by atoms with E-state index < -0.39 is 0 Å². The summed E-state index contributed by atoms with van der Waals surface area (Å²) < 4.78 is 5.22. The van der Waals surface area contributed by atoms with E-state index >= 15 is 0 Å². The third kappa shape index (κ3) is 3.37. The van der Waals surface area contributed by atoms with E-state index in [-0.39, 0.29) is 23.8 Å². The Morgan fingerprint density at radius 2 is 1.96 bits per heavy atom. The van der Waals surface area contributed by atoms with E-state index in [0.717, 1.165) is 37.2 Å². The molecule has 1 aromatic carbocycles. The monoisotopic (exact) mass is 342 g/mol. The molecular weight excluding hydrogens is 316 g/mol. The smallest absolute Gasteiger partial charge is 0.228 e. The molecule has 5 heteroatoms. The van der Waals surface area contributed by atoms with Gasteiger partial charge in [0.25, 0.3) is 0 Å². The second-order valence-corrected chi connectivity index (χ2v) is 7.61. The largest absolute Gasteiger partial charge is 0.497 e. The molecule has 5 nitrogen and oxygen atoms in total. The molecule has 2 heterocycles. The summed E-state index contributed by atoms with van der Waals surface area (Å²) in [6.07, 6.45) is 4.86. The minimum absolute atomic E-state index is 0.131. The van der Waals surface area contributed by atoms with Crippen molar-refractivity contribution in [2.75, 3.05) is 26.7 Å². The van der Waals surface area contributed by atoms with Crippen LogP contribution in [0, 0.1) is 11.8 Å². The molecule has 134 valence electrons. The number of carbonyl (C=O) groups excluding carboxylic acids is 2. The molecule has 0 unspecified atom stereocenters. The first-order chi connectivity index (χ1) is 12.2. The maximum Gasteiger partial charge on any atom is 0.228 e. The van der Waals surface area contributed by atoms with Crippen LogP contribution in [0.5, 0.6) is 5.75 Å². The Morgan fingerprint density at radius 1 is 1.20 bits per heavy atom. The van der Waals surface area contributed by atoms with Gasteiger partial charge < -0.3 is 14.5 Å². The van der Waals surface area contributed by atoms with Gasteiger partial charge in [-0.15, -0.1) is 0 Å². The van der Waals surface area contributed by atoms with E-state index in [4.69, 9.17) is 4.74 Å². The number of ether oxygens (including phenoxy) is 1. The maximum absolute atomic E-state index is 13.1. The summed E-state index contributed by atoms with van der Waals surface area (Å²) in [5, 5.41) is 0. The van der Waals surface area contributed by atoms with Crippen molar-refractivity contribution in [3.05, 3.63) is 29.8 Å². The molecule has 4 rings (SSSR count). The molecule has 1 aromatic rings. The number of carbonyl (C=O) groups is 2. The second kappa shape index (κ2) is 6.70. The number of methoxy groups -OCH3 is 1. The normalized spacial score (nSPS) is 26.4. The second-order valence-electron chi connectivity index (χ2n) is 7.61. The maximum atomic E-state index is 13.1. The fourth-order valence-electron chi connectivity index (χ4n) is 4.16. The highest BCUT2D eigenvalue weighted by Gasteiger charge is 2.41. The van der Waals surface area contributed by atoms with Crippen LogP contribution in [-0.4, -0.2) is 48.4 Å². The Balaban J connectivity index is 1.44. The molecule has 2 saturated heterocycles. The van der Waals surface area contributed by atoms with Gasteiger partial charge in [-0.2, -0.15) is 0 Å². The average Bonchev–Trinajstić information content (AvgIpc) is 3.18. The van der Waals surface area contributed by atoms with Crippen LogP contribution in [0.2, 0.25) is 0 Å². The van der Waals surface area contributed by atoms with Crippen molar-refractivity contribution in [3.63, 3.8) is 0 Å². The van der Waals surface area contributed by atoms with Crippen LogP contribution in [0.15, 0.2) is 24.3 Å². The number of hydrogen-bond acceptors (Lipinski definition) is 3. The highest BCUT2D eigenvalue weighted by atomic mass is 16.5. The number of rotatable bonds is 5. The van der Waals surface area contributed by atoms with Crippen molar-refractivity contribution in [2.45, 2.75) is 38.1 Å². The predicted octanol–water partition coefficient (Wildman–Crippen LogP) is 2.62. The molecule has 3 aliphatic rings. The van der Waals surface area contributed by atoms with Crippen molar-refractivity contribution < 1.29 is 14.3 Å². The highest BCUT2D eigenvalue weighted by molar-refractivity contribution is 5.89. The summed E-state index contributed by atoms with van der Waals surface area (Å²) in [5.74, 6) is 1.66. The van der Waals surface area contributed by atoms with Crippen LogP contribution < -0.4 is 4.74 Å². The topological polar surface area (TPSA) is 49.9 Å². The quantitative estimate of drug-likeness (QED) is 0.826. The van der Waals surface area contributed by atoms with E-state index in [1.165, 1.54) is 12.8 Å². The van der Waals surface area contributed by atoms with Gasteiger partial charge >= 0.3 is 0 Å². The van der Waals surface area contributed by atoms with Crippen molar-refractivity contribution >= 4 is 11.8 Å². The third-order valence-corrected chi connectivity index (χ3v) is 5.78. The van der Waals surface area contributed by atoms with Crippen LogP contribution in [0.25, 0.3) is 0 Å². The Kier molecular flexibility index (Phi) is 4.40. The van der Waals surface area contributed by atoms with E-state index in [0.29, 0.717) is 18.9 Å². The SMILES string of the molecule is COc1ccc([C@H]2CCCN2C(=O)[C@@H]2CC(=O)N(CC3CC3)C2)cc1. The van der Waals surface area contributed by atoms with Crippen LogP contribution in [0.3, 0.4) is 0 Å². The molecule has 2 atom stereocenters. The molecule has 3 fully saturated rings. The highest BCUT2D eigenvalue weighted by Crippen LogP contribution is 2.36. The lowest BCUT2D eigenvalue weighted by molar-refractivity contribution is -0.136. The van der Waals surface area contributed by atoms with Gasteiger partial charge in [-0.1, -0.05) is 12.1 Å². The van der Waals surface area contributed by atoms with E-state index in [9.17, 15) is 9.59 Å². The number of hydrogen-bond donors (Lipinski definition) is 0. The Hall–Kier alpha value is -2.04. The van der Waals surface area contributed by atoms with Crippen molar-refractivity contribution in [1.82, 2.24) is 9.80 Å². The zero-order valence-corrected chi connectivity index (χ0v) is 14.8. The van der Waals surface area contributed by atoms with Crippen LogP contribution >= 0.6 is 0 Å². The first-order valence-corrected chi connectivity index (χ1v) is 9.38. The lowest BCUT2D eigenvalue weighted by Crippen LogP contribution is -2.37. The summed E-state index contributed by atoms with van der Waals surface area (Å²) in [6.45, 7) is 2.26. The lowest BCUT2D eigenvalue weighted by atomic mass is 10.0. The lowest BCUT2D eigenvalue weighted by Gasteiger charge is -2.28. The van der Waals surface area contributed by atoms with E-state index in [1.54, 1.807) is 7.11 Å². The van der Waals surface area contributed by atoms with Crippen molar-refractivity contribution in [1.29, 1.82) is 0 Å². The van der Waals surface area contributed by atoms with Gasteiger partial charge in [0.15, 0.2) is 0 Å². The van der Waals surface area contributed by atoms with Gasteiger partial charge in [-0.05, 0) is 49.3 Å². The molecule has 2 amide bonds. The average molecular weight is 342 g/mol. The molecule has 1 saturated carbocycles. The van der Waals surface area contributed by atoms with Crippen molar-refractivity contribution in [2.24, 2.45) is 11.8 Å². The molecule has 25 heavy (non-hydrogen) atoms. The summed E-state index contributed by atoms with van der Waals surface area (Å²) in [5.41, 5.74) is 1.16. The Labute approximate surface area is 148 Å². The van der Waals surface area contributed by atoms with Crippen LogP contribution in [-0.2, 0) is 9.59 Å². The molecule has 0 aromatic heterocycles. The third-order valence-electron chi connectivity index (χ3n) is 5.78. The fraction of sp³-hybridized carbons (Fsp3) is 0.600. The molecule has 0 spiro atoms. The molecule has 0 bridgehead atoms. The van der Waals surface area contributed by atoms with E-state index in [1.807, 2.05) is 34.1 Å². The van der Waals surface area contributed by atoms with Gasteiger partial charge in [0.2, 0.25) is 11.8 Å². The predicted molar refractivity (Wildman–Crippen MR) is 94.1 cm³/mol. The summed E-state index contributed by atoms with van der Waals surface area (Å²) in [6, 6.07) is 8.13. The van der Waals surface area contributed by atoms with Gasteiger partial charge in [-0.25, -0.2) is 0 Å². The van der Waals surface area contributed by atoms with E-state index in [2.05, 4.69) is 0 Å². The van der Waals surface area contributed by atoms with Crippen LogP contribution in [0.1, 0.15) is 43.7 Å². The first kappa shape index (κ1) is 16.4. The zero-order chi connectivity index (χ0) is 17.4. The number of amides is 2. The Bertz CT molecular complexity index is 653. The molecular formula is C20H26N2O3. The van der Waals surface area contributed by atoms with Crippen molar-refractivity contribution in [3.8, 4) is 5.75 Å².